The number of nitrogens with one attached hydrogen (secondary N) is 1. The second kappa shape index (κ2) is 8.52. The molecule has 3 aromatic carbocycles. The third-order valence-corrected chi connectivity index (χ3v) is 6.38. The maximum Gasteiger partial charge on any atom is 0.411 e. The second-order valence-corrected chi connectivity index (χ2v) is 8.64. The summed E-state index contributed by atoms with van der Waals surface area (Å²) in [4.78, 5) is 37.1. The third kappa shape index (κ3) is 4.00. The number of rotatable bonds is 5. The minimum Gasteiger partial charge on any atom is -0.479 e. The molecule has 1 saturated heterocycles. The molecule has 3 N–H and O–H groups in total. The van der Waals surface area contributed by atoms with E-state index in [0.717, 1.165) is 39.3 Å². The van der Waals surface area contributed by atoms with E-state index in [1.54, 1.807) is 0 Å². The van der Waals surface area contributed by atoms with Crippen LogP contribution in [0.25, 0.3) is 11.1 Å². The third-order valence-electron chi connectivity index (χ3n) is 6.38. The first-order valence-corrected chi connectivity index (χ1v) is 10.9. The van der Waals surface area contributed by atoms with Gasteiger partial charge in [-0.1, -0.05) is 48.5 Å². The van der Waals surface area contributed by atoms with E-state index in [9.17, 15) is 23.9 Å². The van der Waals surface area contributed by atoms with Gasteiger partial charge in [-0.05, 0) is 40.5 Å². The molecule has 0 radical (unpaired) electrons. The van der Waals surface area contributed by atoms with Crippen LogP contribution in [0.5, 0.6) is 0 Å². The molecule has 3 aromatic rings. The van der Waals surface area contributed by atoms with Gasteiger partial charge in [0.1, 0.15) is 12.4 Å². The van der Waals surface area contributed by atoms with Gasteiger partial charge in [-0.2, -0.15) is 0 Å². The average molecular weight is 476 g/mol. The zero-order valence-corrected chi connectivity index (χ0v) is 18.4. The molecule has 1 fully saturated rings. The van der Waals surface area contributed by atoms with Crippen LogP contribution in [0.1, 0.15) is 27.4 Å². The van der Waals surface area contributed by atoms with Crippen LogP contribution in [0.15, 0.2) is 66.7 Å². The van der Waals surface area contributed by atoms with E-state index in [1.807, 2.05) is 48.5 Å². The first-order chi connectivity index (χ1) is 16.8. The number of ether oxygens (including phenoxy) is 1. The van der Waals surface area contributed by atoms with Gasteiger partial charge in [-0.15, -0.1) is 0 Å². The van der Waals surface area contributed by atoms with Crippen molar-refractivity contribution in [3.63, 3.8) is 0 Å². The molecule has 2 aliphatic rings. The number of likely N-dealkylation sites (tertiary alicyclic amines) is 1. The molecule has 0 bridgehead atoms. The molecule has 1 aliphatic heterocycles. The Bertz CT molecular complexity index is 1310. The molecule has 35 heavy (non-hydrogen) atoms. The summed E-state index contributed by atoms with van der Waals surface area (Å²) in [5.41, 5.74) is 2.07. The molecule has 1 aliphatic carbocycles. The highest BCUT2D eigenvalue weighted by atomic mass is 19.1. The summed E-state index contributed by atoms with van der Waals surface area (Å²) in [6, 6.07) is 19.3. The molecule has 8 nitrogen and oxygen atoms in total. The fourth-order valence-electron chi connectivity index (χ4n) is 4.55. The number of hydrogen-bond donors (Lipinski definition) is 3. The minimum atomic E-state index is -2.04. The van der Waals surface area contributed by atoms with Crippen LogP contribution in [-0.2, 0) is 9.53 Å². The largest absolute Gasteiger partial charge is 0.479 e. The maximum absolute atomic E-state index is 14.3. The van der Waals surface area contributed by atoms with E-state index in [2.05, 4.69) is 5.32 Å². The number of aliphatic hydroxyl groups is 1. The van der Waals surface area contributed by atoms with Crippen molar-refractivity contribution in [2.75, 3.05) is 25.0 Å². The topological polar surface area (TPSA) is 116 Å². The zero-order valence-electron chi connectivity index (χ0n) is 18.4. The lowest BCUT2D eigenvalue weighted by Crippen LogP contribution is -2.67. The van der Waals surface area contributed by atoms with Crippen molar-refractivity contribution in [3.8, 4) is 11.1 Å². The SMILES string of the molecule is O=C(Nc1ccc(F)c(C(=O)N2CC(O)(C(=O)O)C2)c1)OCC1c2ccccc2-c2ccccc21. The number of benzene rings is 3. The van der Waals surface area contributed by atoms with Gasteiger partial charge in [0.05, 0.1) is 18.7 Å². The summed E-state index contributed by atoms with van der Waals surface area (Å²) in [5.74, 6) is -3.20. The van der Waals surface area contributed by atoms with Gasteiger partial charge in [-0.3, -0.25) is 10.1 Å². The van der Waals surface area contributed by atoms with Crippen LogP contribution in [0, 0.1) is 5.82 Å². The van der Waals surface area contributed by atoms with Gasteiger partial charge in [0.15, 0.2) is 5.60 Å². The summed E-state index contributed by atoms with van der Waals surface area (Å²) in [5, 5.41) is 21.3. The predicted molar refractivity (Wildman–Crippen MR) is 124 cm³/mol. The zero-order chi connectivity index (χ0) is 24.7. The van der Waals surface area contributed by atoms with Crippen molar-refractivity contribution in [1.29, 1.82) is 0 Å². The Morgan fingerprint density at radius 2 is 1.60 bits per heavy atom. The molecule has 178 valence electrons. The number of aliphatic carboxylic acids is 1. The summed E-state index contributed by atoms with van der Waals surface area (Å²) >= 11 is 0. The van der Waals surface area contributed by atoms with E-state index >= 15 is 0 Å². The van der Waals surface area contributed by atoms with Gasteiger partial charge in [-0.25, -0.2) is 14.0 Å². The number of anilines is 1. The number of carboxylic acid groups (broad SMARTS) is 1. The molecule has 0 spiro atoms. The van der Waals surface area contributed by atoms with Crippen molar-refractivity contribution in [1.82, 2.24) is 4.90 Å². The lowest BCUT2D eigenvalue weighted by Gasteiger charge is -2.43. The highest BCUT2D eigenvalue weighted by Crippen LogP contribution is 2.44. The molecular formula is C26H21FN2O6. The molecule has 0 unspecified atom stereocenters. The summed E-state index contributed by atoms with van der Waals surface area (Å²) in [7, 11) is 0. The first-order valence-electron chi connectivity index (χ1n) is 10.9. The Morgan fingerprint density at radius 3 is 2.20 bits per heavy atom. The van der Waals surface area contributed by atoms with Gasteiger partial charge in [0, 0.05) is 11.6 Å². The van der Waals surface area contributed by atoms with E-state index in [4.69, 9.17) is 9.84 Å². The fourth-order valence-corrected chi connectivity index (χ4v) is 4.55. The van der Waals surface area contributed by atoms with Gasteiger partial charge >= 0.3 is 12.1 Å². The van der Waals surface area contributed by atoms with E-state index in [1.165, 1.54) is 6.07 Å². The van der Waals surface area contributed by atoms with Crippen molar-refractivity contribution in [2.24, 2.45) is 0 Å². The normalized spacial score (nSPS) is 15.5. The van der Waals surface area contributed by atoms with Crippen LogP contribution >= 0.6 is 0 Å². The van der Waals surface area contributed by atoms with Crippen molar-refractivity contribution in [3.05, 3.63) is 89.2 Å². The van der Waals surface area contributed by atoms with Crippen LogP contribution in [0.4, 0.5) is 14.9 Å². The number of carbonyl (C=O) groups is 3. The molecule has 5 rings (SSSR count). The summed E-state index contributed by atoms with van der Waals surface area (Å²) in [6.07, 6.45) is -0.763. The summed E-state index contributed by atoms with van der Waals surface area (Å²) in [6.45, 7) is -0.816. The predicted octanol–water partition coefficient (Wildman–Crippen LogP) is 3.46. The van der Waals surface area contributed by atoms with E-state index in [-0.39, 0.29) is 23.8 Å². The van der Waals surface area contributed by atoms with Gasteiger partial charge in [0.2, 0.25) is 0 Å². The lowest BCUT2D eigenvalue weighted by atomic mass is 9.93. The van der Waals surface area contributed by atoms with Crippen molar-refractivity contribution >= 4 is 23.7 Å². The monoisotopic (exact) mass is 476 g/mol. The highest BCUT2D eigenvalue weighted by Gasteiger charge is 2.50. The van der Waals surface area contributed by atoms with E-state index < -0.39 is 42.5 Å². The van der Waals surface area contributed by atoms with E-state index in [0.29, 0.717) is 0 Å². The molecule has 0 saturated carbocycles. The fraction of sp³-hybridized carbons (Fsp3) is 0.192. The average Bonchev–Trinajstić information content (AvgIpc) is 3.15. The Labute approximate surface area is 199 Å². The standard InChI is InChI=1S/C26H21FN2O6/c27-22-10-9-15(11-20(22)23(30)29-13-26(34,14-29)24(31)32)28-25(33)35-12-21-18-7-3-1-5-16(18)17-6-2-4-8-19(17)21/h1-11,21,34H,12-14H2,(H,28,33)(H,31,32). The molecular weight excluding hydrogens is 455 g/mol. The Morgan fingerprint density at radius 1 is 1.00 bits per heavy atom. The molecule has 9 heteroatoms. The highest BCUT2D eigenvalue weighted by molar-refractivity contribution is 5.98. The molecule has 1 heterocycles. The molecule has 2 amide bonds. The van der Waals surface area contributed by atoms with Crippen LogP contribution in [-0.4, -0.2) is 58.4 Å². The van der Waals surface area contributed by atoms with Crippen LogP contribution < -0.4 is 5.32 Å². The smallest absolute Gasteiger partial charge is 0.411 e. The second-order valence-electron chi connectivity index (χ2n) is 8.64. The lowest BCUT2D eigenvalue weighted by molar-refractivity contribution is -0.173. The number of carbonyl (C=O) groups excluding carboxylic acids is 2. The quantitative estimate of drug-likeness (QED) is 0.520. The molecule has 0 atom stereocenters. The minimum absolute atomic E-state index is 0.0917. The number of nitrogens with zero attached hydrogens (tertiary/aromatic N) is 1. The maximum atomic E-state index is 14.3. The Kier molecular flexibility index (Phi) is 5.49. The van der Waals surface area contributed by atoms with Crippen LogP contribution in [0.3, 0.4) is 0 Å². The van der Waals surface area contributed by atoms with Crippen molar-refractivity contribution in [2.45, 2.75) is 11.5 Å². The van der Waals surface area contributed by atoms with Crippen molar-refractivity contribution < 1.29 is 33.7 Å². The first kappa shape index (κ1) is 22.5. The number of hydrogen-bond acceptors (Lipinski definition) is 5. The number of halogens is 1. The Balaban J connectivity index is 1.25. The Hall–Kier alpha value is -4.24. The van der Waals surface area contributed by atoms with Crippen LogP contribution in [0.2, 0.25) is 0 Å². The number of amides is 2. The number of carboxylic acids is 1. The number of fused-ring (bicyclic) bond motifs is 3. The number of β-amino-alcohol motifs (C(OH)–C–C–N with tert-alkyl or cyclic N) is 1. The summed E-state index contributed by atoms with van der Waals surface area (Å²) < 4.78 is 19.8. The van der Waals surface area contributed by atoms with Gasteiger partial charge in [0.25, 0.3) is 5.91 Å². The van der Waals surface area contributed by atoms with Gasteiger partial charge < -0.3 is 19.8 Å². The molecule has 0 aromatic heterocycles.